The number of carbonyl (C=O) groups excluding carboxylic acids is 2. The molecule has 0 atom stereocenters. The lowest BCUT2D eigenvalue weighted by Crippen LogP contribution is -2.08. The molecular formula is C12H15O10+. The van der Waals surface area contributed by atoms with Gasteiger partial charge in [0, 0.05) is 12.5 Å². The average Bonchev–Trinajstić information content (AvgIpc) is 2.33. The SMILES string of the molecule is O=C(O)/C=C\C(=O)CC(=O)O.O=C(O)CCC(=O)CC(=O)O.[H+]. The van der Waals surface area contributed by atoms with Crippen LogP contribution in [0.4, 0.5) is 0 Å². The number of Topliss-reactive ketones (excluding diaryl/α,β-unsaturated/α-hetero) is 1. The molecule has 0 fully saturated rings. The van der Waals surface area contributed by atoms with Crippen LogP contribution in [0, 0.1) is 0 Å². The summed E-state index contributed by atoms with van der Waals surface area (Å²) in [4.78, 5) is 60.4. The van der Waals surface area contributed by atoms with Gasteiger partial charge in [-0.2, -0.15) is 0 Å². The van der Waals surface area contributed by atoms with Gasteiger partial charge in [-0.25, -0.2) is 4.79 Å². The van der Waals surface area contributed by atoms with E-state index in [1.165, 1.54) is 0 Å². The van der Waals surface area contributed by atoms with Gasteiger partial charge in [-0.05, 0) is 6.08 Å². The van der Waals surface area contributed by atoms with Gasteiger partial charge in [0.2, 0.25) is 0 Å². The average molecular weight is 319 g/mol. The smallest absolute Gasteiger partial charge is 0.481 e. The highest BCUT2D eigenvalue weighted by molar-refractivity contribution is 6.03. The number of ketones is 2. The van der Waals surface area contributed by atoms with E-state index in [0.717, 1.165) is 6.08 Å². The molecule has 0 heterocycles. The Labute approximate surface area is 125 Å². The van der Waals surface area contributed by atoms with E-state index in [1.54, 1.807) is 0 Å². The lowest BCUT2D eigenvalue weighted by molar-refractivity contribution is -0.143. The Morgan fingerprint density at radius 2 is 1.18 bits per heavy atom. The topological polar surface area (TPSA) is 183 Å². The number of hydrogen-bond donors (Lipinski definition) is 4. The van der Waals surface area contributed by atoms with E-state index in [1.807, 2.05) is 0 Å². The molecular weight excluding hydrogens is 304 g/mol. The summed E-state index contributed by atoms with van der Waals surface area (Å²) in [6.07, 6.45) is -0.452. The molecule has 0 spiro atoms. The number of hydrogen-bond acceptors (Lipinski definition) is 6. The van der Waals surface area contributed by atoms with Crippen molar-refractivity contribution in [2.24, 2.45) is 0 Å². The van der Waals surface area contributed by atoms with Crippen molar-refractivity contribution in [1.82, 2.24) is 0 Å². The Hall–Kier alpha value is -3.04. The van der Waals surface area contributed by atoms with Gasteiger partial charge in [0.25, 0.3) is 0 Å². The van der Waals surface area contributed by atoms with Crippen LogP contribution in [-0.4, -0.2) is 55.9 Å². The molecule has 0 aliphatic rings. The third kappa shape index (κ3) is 19.3. The highest BCUT2D eigenvalue weighted by Crippen LogP contribution is 1.94. The van der Waals surface area contributed by atoms with E-state index in [9.17, 15) is 28.8 Å². The summed E-state index contributed by atoms with van der Waals surface area (Å²) in [5, 5.41) is 32.2. The van der Waals surface area contributed by atoms with Gasteiger partial charge in [0.15, 0.2) is 5.78 Å². The first-order valence-corrected chi connectivity index (χ1v) is 5.65. The number of carboxylic acids is 4. The summed E-state index contributed by atoms with van der Waals surface area (Å²) in [5.41, 5.74) is 0. The van der Waals surface area contributed by atoms with Crippen LogP contribution in [0.3, 0.4) is 0 Å². The van der Waals surface area contributed by atoms with Crippen LogP contribution in [0.25, 0.3) is 0 Å². The van der Waals surface area contributed by atoms with Gasteiger partial charge >= 0.3 is 25.3 Å². The third-order valence-electron chi connectivity index (χ3n) is 1.70. The summed E-state index contributed by atoms with van der Waals surface area (Å²) in [6.45, 7) is 0. The summed E-state index contributed by atoms with van der Waals surface area (Å²) >= 11 is 0. The second kappa shape index (κ2) is 11.8. The molecule has 0 aliphatic carbocycles. The summed E-state index contributed by atoms with van der Waals surface area (Å²) in [5.74, 6) is -6.15. The van der Waals surface area contributed by atoms with Crippen molar-refractivity contribution in [3.8, 4) is 0 Å². The van der Waals surface area contributed by atoms with Gasteiger partial charge in [-0.15, -0.1) is 0 Å². The fourth-order valence-corrected chi connectivity index (χ4v) is 0.876. The molecule has 4 N–H and O–H groups in total. The number of aliphatic carboxylic acids is 4. The van der Waals surface area contributed by atoms with Gasteiger partial charge in [-0.3, -0.25) is 24.0 Å². The van der Waals surface area contributed by atoms with E-state index in [4.69, 9.17) is 20.4 Å². The molecule has 0 rings (SSSR count). The number of carbonyl (C=O) groups is 6. The number of rotatable bonds is 9. The monoisotopic (exact) mass is 319 g/mol. The Morgan fingerprint density at radius 1 is 0.682 bits per heavy atom. The van der Waals surface area contributed by atoms with E-state index >= 15 is 0 Å². The van der Waals surface area contributed by atoms with Gasteiger partial charge in [0.05, 0.1) is 6.42 Å². The quantitative estimate of drug-likeness (QED) is 0.324. The van der Waals surface area contributed by atoms with Gasteiger partial charge in [0.1, 0.15) is 18.6 Å². The maximum absolute atomic E-state index is 10.5. The highest BCUT2D eigenvalue weighted by Gasteiger charge is 2.09. The molecule has 0 amide bonds. The summed E-state index contributed by atoms with van der Waals surface area (Å²) in [7, 11) is 0. The molecule has 0 unspecified atom stereocenters. The Kier molecular flexibility index (Phi) is 11.4. The number of carboxylic acid groups (broad SMARTS) is 4. The van der Waals surface area contributed by atoms with Crippen LogP contribution >= 0.6 is 0 Å². The van der Waals surface area contributed by atoms with Crippen molar-refractivity contribution in [1.29, 1.82) is 0 Å². The molecule has 0 radical (unpaired) electrons. The molecule has 0 aliphatic heterocycles. The van der Waals surface area contributed by atoms with Crippen molar-refractivity contribution in [3.05, 3.63) is 12.2 Å². The zero-order chi connectivity index (χ0) is 17.7. The van der Waals surface area contributed by atoms with E-state index in [0.29, 0.717) is 6.08 Å². The zero-order valence-electron chi connectivity index (χ0n) is 12.2. The normalized spacial score (nSPS) is 9.45. The molecule has 0 saturated heterocycles. The van der Waals surface area contributed by atoms with Gasteiger partial charge in [-0.1, -0.05) is 0 Å². The lowest BCUT2D eigenvalue weighted by atomic mass is 10.2. The van der Waals surface area contributed by atoms with Crippen molar-refractivity contribution < 1.29 is 50.6 Å². The first-order chi connectivity index (χ1) is 10.0. The van der Waals surface area contributed by atoms with E-state index in [-0.39, 0.29) is 14.3 Å². The van der Waals surface area contributed by atoms with Crippen LogP contribution in [0.2, 0.25) is 0 Å². The summed E-state index contributed by atoms with van der Waals surface area (Å²) < 4.78 is 0. The highest BCUT2D eigenvalue weighted by atomic mass is 16.4. The lowest BCUT2D eigenvalue weighted by Gasteiger charge is -1.92. The minimum absolute atomic E-state index is 0. The number of allylic oxidation sites excluding steroid dienone is 1. The van der Waals surface area contributed by atoms with Crippen molar-refractivity contribution in [2.75, 3.05) is 0 Å². The third-order valence-corrected chi connectivity index (χ3v) is 1.70. The Bertz CT molecular complexity index is 494. The van der Waals surface area contributed by atoms with E-state index < -0.39 is 48.3 Å². The molecule has 0 aromatic heterocycles. The standard InChI is InChI=1S/C6H8O5.C6H6O5/c2*7-4(3-6(10)11)1-2-5(8)9/h1-3H2,(H,8,9)(H,10,11);1-2H,3H2,(H,8,9)(H,10,11)/p+1/b;2-1-. The predicted molar refractivity (Wildman–Crippen MR) is 69.3 cm³/mol. The second-order valence-corrected chi connectivity index (χ2v) is 3.71. The maximum atomic E-state index is 10.5. The first kappa shape index (κ1) is 21.3. The van der Waals surface area contributed by atoms with Crippen LogP contribution in [-0.2, 0) is 28.8 Å². The van der Waals surface area contributed by atoms with Gasteiger partial charge < -0.3 is 20.4 Å². The molecule has 122 valence electrons. The van der Waals surface area contributed by atoms with Crippen molar-refractivity contribution in [3.63, 3.8) is 0 Å². The molecule has 0 bridgehead atoms. The van der Waals surface area contributed by atoms with Crippen LogP contribution in [0.5, 0.6) is 0 Å². The molecule has 10 nitrogen and oxygen atoms in total. The largest absolute Gasteiger partial charge is 1.00 e. The minimum Gasteiger partial charge on any atom is -0.481 e. The molecule has 0 aromatic rings. The van der Waals surface area contributed by atoms with Crippen LogP contribution in [0.1, 0.15) is 27.1 Å². The Morgan fingerprint density at radius 3 is 1.55 bits per heavy atom. The fourth-order valence-electron chi connectivity index (χ4n) is 0.876. The zero-order valence-corrected chi connectivity index (χ0v) is 11.2. The van der Waals surface area contributed by atoms with Crippen LogP contribution in [0.15, 0.2) is 12.2 Å². The van der Waals surface area contributed by atoms with Crippen molar-refractivity contribution >= 4 is 35.4 Å². The Balaban J connectivity index is -0.000000333. The van der Waals surface area contributed by atoms with Crippen molar-refractivity contribution in [2.45, 2.75) is 25.7 Å². The first-order valence-electron chi connectivity index (χ1n) is 5.65. The minimum atomic E-state index is -1.27. The molecule has 22 heavy (non-hydrogen) atoms. The predicted octanol–water partition coefficient (Wildman–Crippen LogP) is -0.322. The molecule has 0 saturated carbocycles. The maximum Gasteiger partial charge on any atom is 1.00 e. The van der Waals surface area contributed by atoms with E-state index in [2.05, 4.69) is 0 Å². The summed E-state index contributed by atoms with van der Waals surface area (Å²) in [6, 6.07) is 0. The fraction of sp³-hybridized carbons (Fsp3) is 0.333. The second-order valence-electron chi connectivity index (χ2n) is 3.71. The van der Waals surface area contributed by atoms with Crippen LogP contribution < -0.4 is 0 Å². The molecule has 10 heteroatoms. The molecule has 0 aromatic carbocycles.